The lowest BCUT2D eigenvalue weighted by Crippen LogP contribution is -2.43. The third-order valence-electron chi connectivity index (χ3n) is 7.76. The molecule has 0 heterocycles. The van der Waals surface area contributed by atoms with Gasteiger partial charge in [0.05, 0.1) is 12.2 Å². The topological polar surface area (TPSA) is 9.23 Å². The molecule has 2 heteroatoms. The molecule has 0 saturated heterocycles. The maximum absolute atomic E-state index is 14.7. The smallest absolute Gasteiger partial charge is 0.127 e. The van der Waals surface area contributed by atoms with Crippen molar-refractivity contribution in [1.82, 2.24) is 0 Å². The van der Waals surface area contributed by atoms with Crippen LogP contribution in [0.5, 0.6) is 0 Å². The molecule has 0 aromatic carbocycles. The summed E-state index contributed by atoms with van der Waals surface area (Å²) in [5.41, 5.74) is 0. The summed E-state index contributed by atoms with van der Waals surface area (Å²) in [7, 11) is 0. The summed E-state index contributed by atoms with van der Waals surface area (Å²) >= 11 is 0. The Hall–Kier alpha value is -0.110. The predicted octanol–water partition coefficient (Wildman–Crippen LogP) is 6.80. The van der Waals surface area contributed by atoms with E-state index in [1.807, 2.05) is 13.8 Å². The van der Waals surface area contributed by atoms with Crippen LogP contribution in [0.25, 0.3) is 0 Å². The van der Waals surface area contributed by atoms with Gasteiger partial charge in [-0.2, -0.15) is 0 Å². The van der Waals surface area contributed by atoms with Gasteiger partial charge in [0.25, 0.3) is 0 Å². The fourth-order valence-electron chi connectivity index (χ4n) is 6.25. The van der Waals surface area contributed by atoms with Crippen LogP contribution in [0.4, 0.5) is 4.39 Å². The molecular weight excluding hydrogens is 311 g/mol. The van der Waals surface area contributed by atoms with Gasteiger partial charge in [-0.15, -0.1) is 0 Å². The van der Waals surface area contributed by atoms with E-state index in [9.17, 15) is 4.39 Å². The minimum Gasteiger partial charge on any atom is -0.372 e. The molecule has 0 amide bonds. The quantitative estimate of drug-likeness (QED) is 0.541. The van der Waals surface area contributed by atoms with Crippen LogP contribution in [0.3, 0.4) is 0 Å². The SMILES string of the molecule is CC1CCC(C2CCC(C3CC(C)C(OC(C)C)C(F)C3)CC2)CC1. The first-order chi connectivity index (χ1) is 11.9. The lowest BCUT2D eigenvalue weighted by atomic mass is 9.64. The number of hydrogen-bond acceptors (Lipinski definition) is 1. The molecule has 0 aromatic rings. The Morgan fingerprint density at radius 1 is 0.720 bits per heavy atom. The van der Waals surface area contributed by atoms with Crippen molar-refractivity contribution >= 4 is 0 Å². The van der Waals surface area contributed by atoms with Crippen molar-refractivity contribution in [2.45, 2.75) is 110 Å². The summed E-state index contributed by atoms with van der Waals surface area (Å²) < 4.78 is 20.6. The third kappa shape index (κ3) is 4.99. The molecule has 0 N–H and O–H groups in total. The summed E-state index contributed by atoms with van der Waals surface area (Å²) in [4.78, 5) is 0. The van der Waals surface area contributed by atoms with Crippen molar-refractivity contribution < 1.29 is 9.13 Å². The standard InChI is InChI=1S/C23H41FO/c1-15(2)25-23-17(4)13-21(14-22(23)24)20-11-9-19(10-12-20)18-7-5-16(3)6-8-18/h15-23H,5-14H2,1-4H3. The van der Waals surface area contributed by atoms with E-state index >= 15 is 0 Å². The second kappa shape index (κ2) is 8.72. The van der Waals surface area contributed by atoms with Gasteiger partial charge in [-0.3, -0.25) is 0 Å². The summed E-state index contributed by atoms with van der Waals surface area (Å²) in [5.74, 6) is 4.68. The minimum atomic E-state index is -0.756. The van der Waals surface area contributed by atoms with Crippen molar-refractivity contribution in [1.29, 1.82) is 0 Å². The molecule has 4 unspecified atom stereocenters. The van der Waals surface area contributed by atoms with E-state index in [0.29, 0.717) is 11.8 Å². The maximum atomic E-state index is 14.7. The molecule has 0 aliphatic heterocycles. The highest BCUT2D eigenvalue weighted by molar-refractivity contribution is 4.91. The van der Waals surface area contributed by atoms with Gasteiger partial charge in [-0.25, -0.2) is 4.39 Å². The minimum absolute atomic E-state index is 0.135. The Kier molecular flexibility index (Phi) is 6.85. The molecule has 146 valence electrons. The van der Waals surface area contributed by atoms with Gasteiger partial charge in [0.15, 0.2) is 0 Å². The number of hydrogen-bond donors (Lipinski definition) is 0. The van der Waals surface area contributed by atoms with E-state index in [4.69, 9.17) is 4.74 Å². The van der Waals surface area contributed by atoms with E-state index in [0.717, 1.165) is 30.1 Å². The molecule has 3 rings (SSSR count). The first-order valence-corrected chi connectivity index (χ1v) is 11.2. The molecule has 0 bridgehead atoms. The highest BCUT2D eigenvalue weighted by Gasteiger charge is 2.41. The van der Waals surface area contributed by atoms with Crippen LogP contribution in [-0.2, 0) is 4.74 Å². The normalized spacial score (nSPS) is 46.3. The second-order valence-electron chi connectivity index (χ2n) is 10.1. The summed E-state index contributed by atoms with van der Waals surface area (Å²) in [5, 5.41) is 0. The highest BCUT2D eigenvalue weighted by atomic mass is 19.1. The number of rotatable bonds is 4. The molecule has 0 radical (unpaired) electrons. The summed E-state index contributed by atoms with van der Waals surface area (Å²) in [6.07, 6.45) is 12.5. The molecule has 3 aliphatic rings. The van der Waals surface area contributed by atoms with Crippen LogP contribution in [0.1, 0.15) is 91.9 Å². The molecule has 0 spiro atoms. The largest absolute Gasteiger partial charge is 0.372 e. The molecule has 4 atom stereocenters. The molecule has 3 fully saturated rings. The Bertz CT molecular complexity index is 381. The molecule has 0 aromatic heterocycles. The zero-order valence-electron chi connectivity index (χ0n) is 17.1. The number of halogens is 1. The Morgan fingerprint density at radius 2 is 1.20 bits per heavy atom. The zero-order chi connectivity index (χ0) is 18.0. The van der Waals surface area contributed by atoms with Gasteiger partial charge in [0.1, 0.15) is 6.17 Å². The fraction of sp³-hybridized carbons (Fsp3) is 1.00. The van der Waals surface area contributed by atoms with Crippen LogP contribution in [0.15, 0.2) is 0 Å². The van der Waals surface area contributed by atoms with Crippen molar-refractivity contribution in [2.24, 2.45) is 35.5 Å². The maximum Gasteiger partial charge on any atom is 0.127 e. The first kappa shape index (κ1) is 19.6. The molecule has 25 heavy (non-hydrogen) atoms. The summed E-state index contributed by atoms with van der Waals surface area (Å²) in [6, 6.07) is 0. The lowest BCUT2D eigenvalue weighted by Gasteiger charge is -2.44. The number of alkyl halides is 1. The molecule has 3 saturated carbocycles. The van der Waals surface area contributed by atoms with E-state index in [1.54, 1.807) is 0 Å². The summed E-state index contributed by atoms with van der Waals surface area (Å²) in [6.45, 7) is 8.68. The molecule has 3 aliphatic carbocycles. The van der Waals surface area contributed by atoms with Gasteiger partial charge < -0.3 is 4.74 Å². The van der Waals surface area contributed by atoms with Crippen LogP contribution >= 0.6 is 0 Å². The van der Waals surface area contributed by atoms with Crippen LogP contribution in [0.2, 0.25) is 0 Å². The van der Waals surface area contributed by atoms with E-state index in [1.165, 1.54) is 57.8 Å². The fourth-order valence-corrected chi connectivity index (χ4v) is 6.25. The Morgan fingerprint density at radius 3 is 1.68 bits per heavy atom. The van der Waals surface area contributed by atoms with Crippen molar-refractivity contribution in [3.05, 3.63) is 0 Å². The van der Waals surface area contributed by atoms with E-state index in [-0.39, 0.29) is 12.2 Å². The lowest BCUT2D eigenvalue weighted by molar-refractivity contribution is -0.0997. The van der Waals surface area contributed by atoms with Crippen LogP contribution in [-0.4, -0.2) is 18.4 Å². The van der Waals surface area contributed by atoms with Gasteiger partial charge >= 0.3 is 0 Å². The average Bonchev–Trinajstić information content (AvgIpc) is 2.59. The number of ether oxygens (including phenoxy) is 1. The monoisotopic (exact) mass is 352 g/mol. The predicted molar refractivity (Wildman–Crippen MR) is 103 cm³/mol. The highest BCUT2D eigenvalue weighted by Crippen LogP contribution is 2.46. The van der Waals surface area contributed by atoms with Gasteiger partial charge in [-0.1, -0.05) is 26.7 Å². The average molecular weight is 353 g/mol. The third-order valence-corrected chi connectivity index (χ3v) is 7.76. The van der Waals surface area contributed by atoms with Crippen LogP contribution < -0.4 is 0 Å². The first-order valence-electron chi connectivity index (χ1n) is 11.2. The van der Waals surface area contributed by atoms with E-state index < -0.39 is 6.17 Å². The van der Waals surface area contributed by atoms with Crippen molar-refractivity contribution in [3.8, 4) is 0 Å². The second-order valence-corrected chi connectivity index (χ2v) is 10.1. The van der Waals surface area contributed by atoms with Crippen LogP contribution in [0, 0.1) is 35.5 Å². The van der Waals surface area contributed by atoms with Gasteiger partial charge in [-0.05, 0) is 101 Å². The van der Waals surface area contributed by atoms with Crippen molar-refractivity contribution in [2.75, 3.05) is 0 Å². The molecular formula is C23H41FO. The Labute approximate surface area is 155 Å². The van der Waals surface area contributed by atoms with E-state index in [2.05, 4.69) is 13.8 Å². The zero-order valence-corrected chi connectivity index (χ0v) is 17.1. The van der Waals surface area contributed by atoms with Crippen molar-refractivity contribution in [3.63, 3.8) is 0 Å². The van der Waals surface area contributed by atoms with Gasteiger partial charge in [0.2, 0.25) is 0 Å². The Balaban J connectivity index is 1.47. The van der Waals surface area contributed by atoms with Gasteiger partial charge in [0, 0.05) is 0 Å². The molecule has 1 nitrogen and oxygen atoms in total.